The summed E-state index contributed by atoms with van der Waals surface area (Å²) in [6, 6.07) is -0.267. The lowest BCUT2D eigenvalue weighted by atomic mass is 10.3. The SMILES string of the molecule is CC(NC(=O)N(CC1CC1)C(C)C)c1nc(C(=O)O)cs1. The Hall–Kier alpha value is -1.63. The molecule has 7 heteroatoms. The van der Waals surface area contributed by atoms with Gasteiger partial charge in [-0.3, -0.25) is 0 Å². The molecule has 2 rings (SSSR count). The second kappa shape index (κ2) is 6.43. The molecule has 0 aromatic carbocycles. The zero-order valence-corrected chi connectivity index (χ0v) is 13.3. The minimum atomic E-state index is -1.05. The number of amides is 2. The second-order valence-electron chi connectivity index (χ2n) is 5.74. The molecule has 1 heterocycles. The minimum absolute atomic E-state index is 0.0230. The number of nitrogens with zero attached hydrogens (tertiary/aromatic N) is 2. The molecule has 1 atom stereocenters. The zero-order chi connectivity index (χ0) is 15.6. The second-order valence-corrected chi connectivity index (χ2v) is 6.63. The Morgan fingerprint density at radius 3 is 2.62 bits per heavy atom. The van der Waals surface area contributed by atoms with Gasteiger partial charge in [-0.1, -0.05) is 0 Å². The van der Waals surface area contributed by atoms with Crippen LogP contribution in [0, 0.1) is 5.92 Å². The van der Waals surface area contributed by atoms with Crippen LogP contribution in [0.15, 0.2) is 5.38 Å². The number of aromatic carboxylic acids is 1. The molecule has 2 N–H and O–H groups in total. The molecular weight excluding hydrogens is 290 g/mol. The minimum Gasteiger partial charge on any atom is -0.476 e. The van der Waals surface area contributed by atoms with Gasteiger partial charge in [-0.15, -0.1) is 11.3 Å². The highest BCUT2D eigenvalue weighted by atomic mass is 32.1. The molecule has 1 aromatic heterocycles. The van der Waals surface area contributed by atoms with Gasteiger partial charge in [-0.2, -0.15) is 0 Å². The van der Waals surface area contributed by atoms with Crippen LogP contribution in [0.5, 0.6) is 0 Å². The van der Waals surface area contributed by atoms with Crippen molar-refractivity contribution >= 4 is 23.3 Å². The standard InChI is InChI=1S/C14H21N3O3S/c1-8(2)17(6-10-4-5-10)14(20)15-9(3)12-16-11(7-21-12)13(18)19/h7-10H,4-6H2,1-3H3,(H,15,20)(H,18,19). The molecule has 0 bridgehead atoms. The Labute approximate surface area is 128 Å². The quantitative estimate of drug-likeness (QED) is 0.846. The maximum atomic E-state index is 12.3. The van der Waals surface area contributed by atoms with Gasteiger partial charge in [0.05, 0.1) is 6.04 Å². The molecule has 21 heavy (non-hydrogen) atoms. The summed E-state index contributed by atoms with van der Waals surface area (Å²) in [7, 11) is 0. The first-order valence-corrected chi connectivity index (χ1v) is 8.02. The molecule has 1 unspecified atom stereocenters. The largest absolute Gasteiger partial charge is 0.476 e. The van der Waals surface area contributed by atoms with E-state index in [0.717, 1.165) is 6.54 Å². The van der Waals surface area contributed by atoms with Crippen LogP contribution in [-0.4, -0.2) is 39.6 Å². The van der Waals surface area contributed by atoms with E-state index in [0.29, 0.717) is 10.9 Å². The topological polar surface area (TPSA) is 82.5 Å². The average molecular weight is 311 g/mol. The lowest BCUT2D eigenvalue weighted by Crippen LogP contribution is -2.45. The third-order valence-electron chi connectivity index (χ3n) is 3.49. The first kappa shape index (κ1) is 15.8. The van der Waals surface area contributed by atoms with E-state index in [9.17, 15) is 9.59 Å². The Morgan fingerprint density at radius 2 is 2.14 bits per heavy atom. The van der Waals surface area contributed by atoms with E-state index in [-0.39, 0.29) is 23.8 Å². The van der Waals surface area contributed by atoms with E-state index in [1.807, 2.05) is 25.7 Å². The van der Waals surface area contributed by atoms with Gasteiger partial charge in [0.25, 0.3) is 0 Å². The summed E-state index contributed by atoms with van der Waals surface area (Å²) in [4.78, 5) is 29.0. The van der Waals surface area contributed by atoms with Gasteiger partial charge in [0.2, 0.25) is 0 Å². The number of thiazole rings is 1. The van der Waals surface area contributed by atoms with E-state index >= 15 is 0 Å². The van der Waals surface area contributed by atoms with Gasteiger partial charge < -0.3 is 15.3 Å². The fourth-order valence-corrected chi connectivity index (χ4v) is 2.82. The molecule has 0 spiro atoms. The van der Waals surface area contributed by atoms with Crippen LogP contribution in [0.25, 0.3) is 0 Å². The van der Waals surface area contributed by atoms with E-state index < -0.39 is 5.97 Å². The van der Waals surface area contributed by atoms with Crippen LogP contribution < -0.4 is 5.32 Å². The van der Waals surface area contributed by atoms with E-state index in [1.165, 1.54) is 29.6 Å². The lowest BCUT2D eigenvalue weighted by molar-refractivity contribution is 0.0691. The molecule has 1 aliphatic rings. The molecule has 2 amide bonds. The highest BCUT2D eigenvalue weighted by Gasteiger charge is 2.29. The van der Waals surface area contributed by atoms with Crippen LogP contribution in [0.4, 0.5) is 4.79 Å². The van der Waals surface area contributed by atoms with Crippen molar-refractivity contribution in [1.82, 2.24) is 15.2 Å². The molecule has 1 fully saturated rings. The predicted molar refractivity (Wildman–Crippen MR) is 80.6 cm³/mol. The Bertz CT molecular complexity index is 525. The number of rotatable bonds is 6. The fraction of sp³-hybridized carbons (Fsp3) is 0.643. The van der Waals surface area contributed by atoms with Gasteiger partial charge in [0.1, 0.15) is 5.01 Å². The molecule has 1 aliphatic carbocycles. The van der Waals surface area contributed by atoms with Crippen molar-refractivity contribution in [3.05, 3.63) is 16.1 Å². The van der Waals surface area contributed by atoms with Crippen molar-refractivity contribution in [2.75, 3.05) is 6.54 Å². The number of nitrogens with one attached hydrogen (secondary N) is 1. The van der Waals surface area contributed by atoms with Gasteiger partial charge in [0.15, 0.2) is 5.69 Å². The van der Waals surface area contributed by atoms with Crippen molar-refractivity contribution in [2.45, 2.75) is 45.7 Å². The maximum Gasteiger partial charge on any atom is 0.355 e. The molecule has 0 radical (unpaired) electrons. The van der Waals surface area contributed by atoms with Gasteiger partial charge in [-0.05, 0) is 39.5 Å². The van der Waals surface area contributed by atoms with E-state index in [2.05, 4.69) is 10.3 Å². The number of carboxylic acid groups (broad SMARTS) is 1. The van der Waals surface area contributed by atoms with Crippen LogP contribution in [0.2, 0.25) is 0 Å². The summed E-state index contributed by atoms with van der Waals surface area (Å²) in [6.07, 6.45) is 2.39. The number of aromatic nitrogens is 1. The number of hydrogen-bond donors (Lipinski definition) is 2. The monoisotopic (exact) mass is 311 g/mol. The maximum absolute atomic E-state index is 12.3. The Balaban J connectivity index is 1.97. The number of hydrogen-bond acceptors (Lipinski definition) is 4. The van der Waals surface area contributed by atoms with Crippen molar-refractivity contribution in [3.8, 4) is 0 Å². The predicted octanol–water partition coefficient (Wildman–Crippen LogP) is 2.73. The highest BCUT2D eigenvalue weighted by molar-refractivity contribution is 7.09. The summed E-state index contributed by atoms with van der Waals surface area (Å²) in [5.41, 5.74) is 0.0230. The number of carbonyl (C=O) groups excluding carboxylic acids is 1. The molecule has 1 aromatic rings. The van der Waals surface area contributed by atoms with Gasteiger partial charge in [-0.25, -0.2) is 14.6 Å². The fourth-order valence-electron chi connectivity index (χ4n) is 2.02. The Kier molecular flexibility index (Phi) is 4.82. The summed E-state index contributed by atoms with van der Waals surface area (Å²) < 4.78 is 0. The number of carbonyl (C=O) groups is 2. The van der Waals surface area contributed by atoms with Crippen molar-refractivity contribution < 1.29 is 14.7 Å². The van der Waals surface area contributed by atoms with Crippen molar-refractivity contribution in [2.24, 2.45) is 5.92 Å². The number of carboxylic acids is 1. The average Bonchev–Trinajstić information content (AvgIpc) is 3.07. The van der Waals surface area contributed by atoms with Crippen LogP contribution in [0.3, 0.4) is 0 Å². The third-order valence-corrected chi connectivity index (χ3v) is 4.51. The third kappa shape index (κ3) is 4.17. The first-order valence-electron chi connectivity index (χ1n) is 7.14. The molecule has 116 valence electrons. The molecule has 0 aliphatic heterocycles. The summed E-state index contributed by atoms with van der Waals surface area (Å²) >= 11 is 1.25. The summed E-state index contributed by atoms with van der Waals surface area (Å²) in [5, 5.41) is 13.9. The smallest absolute Gasteiger partial charge is 0.355 e. The van der Waals surface area contributed by atoms with Crippen molar-refractivity contribution in [3.63, 3.8) is 0 Å². The summed E-state index contributed by atoms with van der Waals surface area (Å²) in [5.74, 6) is -0.416. The Morgan fingerprint density at radius 1 is 1.48 bits per heavy atom. The first-order chi connectivity index (χ1) is 9.88. The van der Waals surface area contributed by atoms with E-state index in [1.54, 1.807) is 0 Å². The van der Waals surface area contributed by atoms with Crippen LogP contribution >= 0.6 is 11.3 Å². The molecule has 6 nitrogen and oxygen atoms in total. The molecular formula is C14H21N3O3S. The number of urea groups is 1. The van der Waals surface area contributed by atoms with E-state index in [4.69, 9.17) is 5.11 Å². The normalized spacial score (nSPS) is 15.8. The van der Waals surface area contributed by atoms with Crippen molar-refractivity contribution in [1.29, 1.82) is 0 Å². The van der Waals surface area contributed by atoms with Crippen LogP contribution in [-0.2, 0) is 0 Å². The van der Waals surface area contributed by atoms with Gasteiger partial charge >= 0.3 is 12.0 Å². The summed E-state index contributed by atoms with van der Waals surface area (Å²) in [6.45, 7) is 6.60. The van der Waals surface area contributed by atoms with Gasteiger partial charge in [0, 0.05) is 18.0 Å². The molecule has 0 saturated heterocycles. The highest BCUT2D eigenvalue weighted by Crippen LogP contribution is 2.30. The van der Waals surface area contributed by atoms with Crippen LogP contribution in [0.1, 0.15) is 55.2 Å². The zero-order valence-electron chi connectivity index (χ0n) is 12.5. The molecule has 1 saturated carbocycles. The lowest BCUT2D eigenvalue weighted by Gasteiger charge is -2.28.